The van der Waals surface area contributed by atoms with Gasteiger partial charge in [-0.15, -0.1) is 0 Å². The summed E-state index contributed by atoms with van der Waals surface area (Å²) in [7, 11) is 0. The number of amides is 1. The number of benzene rings is 2. The standard InChI is InChI=1S/C25H30N4O/c1-18-6-5-14-27(16-18)22-13-15-28(17-22)25(30)20-9-11-21(12-10-20)29-19(2)26-23-7-3-4-8-24(23)29/h3-4,7-12,18,22H,5-6,13-17H2,1-2H3/t18?,22-/m0/s1. The van der Waals surface area contributed by atoms with Crippen molar-refractivity contribution in [2.75, 3.05) is 26.2 Å². The number of fused-ring (bicyclic) bond motifs is 1. The molecule has 1 aromatic heterocycles. The van der Waals surface area contributed by atoms with Gasteiger partial charge in [-0.1, -0.05) is 19.1 Å². The topological polar surface area (TPSA) is 41.4 Å². The summed E-state index contributed by atoms with van der Waals surface area (Å²) in [6.45, 7) is 8.45. The van der Waals surface area contributed by atoms with Crippen molar-refractivity contribution < 1.29 is 4.79 Å². The van der Waals surface area contributed by atoms with Crippen LogP contribution in [0.4, 0.5) is 0 Å². The van der Waals surface area contributed by atoms with Crippen LogP contribution >= 0.6 is 0 Å². The molecule has 1 unspecified atom stereocenters. The number of aryl methyl sites for hydroxylation is 1. The highest BCUT2D eigenvalue weighted by Gasteiger charge is 2.32. The molecule has 2 fully saturated rings. The molecule has 2 aliphatic heterocycles. The summed E-state index contributed by atoms with van der Waals surface area (Å²) < 4.78 is 2.15. The van der Waals surface area contributed by atoms with Crippen LogP contribution in [0.1, 0.15) is 42.4 Å². The Morgan fingerprint density at radius 2 is 1.80 bits per heavy atom. The van der Waals surface area contributed by atoms with Crippen molar-refractivity contribution in [3.05, 3.63) is 59.9 Å². The summed E-state index contributed by atoms with van der Waals surface area (Å²) in [5.74, 6) is 1.88. The zero-order valence-corrected chi connectivity index (χ0v) is 17.9. The first-order chi connectivity index (χ1) is 14.6. The maximum Gasteiger partial charge on any atom is 0.253 e. The average molecular weight is 403 g/mol. The van der Waals surface area contributed by atoms with E-state index in [1.165, 1.54) is 25.9 Å². The van der Waals surface area contributed by atoms with E-state index in [-0.39, 0.29) is 5.91 Å². The molecule has 0 N–H and O–H groups in total. The van der Waals surface area contributed by atoms with Crippen LogP contribution in [0.5, 0.6) is 0 Å². The maximum atomic E-state index is 13.1. The molecule has 5 rings (SSSR count). The van der Waals surface area contributed by atoms with Crippen LogP contribution in [0.2, 0.25) is 0 Å². The Kier molecular flexibility index (Phi) is 5.07. The first-order valence-electron chi connectivity index (χ1n) is 11.2. The first kappa shape index (κ1) is 19.3. The molecule has 5 nitrogen and oxygen atoms in total. The molecule has 3 aromatic rings. The number of carbonyl (C=O) groups excluding carboxylic acids is 1. The Labute approximate surface area is 178 Å². The minimum absolute atomic E-state index is 0.154. The second-order valence-electron chi connectivity index (χ2n) is 8.97. The van der Waals surface area contributed by atoms with Crippen molar-refractivity contribution in [3.63, 3.8) is 0 Å². The van der Waals surface area contributed by atoms with Crippen molar-refractivity contribution in [2.24, 2.45) is 5.92 Å². The molecule has 30 heavy (non-hydrogen) atoms. The SMILES string of the molecule is Cc1nc2ccccc2n1-c1ccc(C(=O)N2CC[C@H](N3CCCC(C)C3)C2)cc1. The molecule has 2 aromatic carbocycles. The lowest BCUT2D eigenvalue weighted by Gasteiger charge is -2.35. The van der Waals surface area contributed by atoms with Crippen LogP contribution in [0, 0.1) is 12.8 Å². The molecule has 1 amide bonds. The largest absolute Gasteiger partial charge is 0.337 e. The predicted molar refractivity (Wildman–Crippen MR) is 120 cm³/mol. The molecule has 0 saturated carbocycles. The quantitative estimate of drug-likeness (QED) is 0.657. The summed E-state index contributed by atoms with van der Waals surface area (Å²) in [6.07, 6.45) is 3.72. The van der Waals surface area contributed by atoms with Gasteiger partial charge >= 0.3 is 0 Å². The molecule has 2 saturated heterocycles. The fourth-order valence-electron chi connectivity index (χ4n) is 5.19. The molecule has 2 aliphatic rings. The van der Waals surface area contributed by atoms with E-state index in [0.29, 0.717) is 6.04 Å². The molecular formula is C25H30N4O. The van der Waals surface area contributed by atoms with Gasteiger partial charge in [0.25, 0.3) is 5.91 Å². The van der Waals surface area contributed by atoms with Gasteiger partial charge in [-0.25, -0.2) is 4.98 Å². The van der Waals surface area contributed by atoms with E-state index >= 15 is 0 Å². The zero-order chi connectivity index (χ0) is 20.7. The van der Waals surface area contributed by atoms with Gasteiger partial charge in [0, 0.05) is 36.9 Å². The molecule has 5 heteroatoms. The molecule has 2 atom stereocenters. The number of hydrogen-bond acceptors (Lipinski definition) is 3. The van der Waals surface area contributed by atoms with Gasteiger partial charge in [0.1, 0.15) is 5.82 Å². The molecule has 0 spiro atoms. The first-order valence-corrected chi connectivity index (χ1v) is 11.2. The molecule has 0 bridgehead atoms. The van der Waals surface area contributed by atoms with Crippen LogP contribution in [-0.2, 0) is 0 Å². The number of aromatic nitrogens is 2. The average Bonchev–Trinajstić information content (AvgIpc) is 3.38. The van der Waals surface area contributed by atoms with Gasteiger partial charge in [-0.2, -0.15) is 0 Å². The Morgan fingerprint density at radius 1 is 1.00 bits per heavy atom. The van der Waals surface area contributed by atoms with Crippen molar-refractivity contribution in [3.8, 4) is 5.69 Å². The van der Waals surface area contributed by atoms with E-state index in [0.717, 1.165) is 53.5 Å². The van der Waals surface area contributed by atoms with Crippen molar-refractivity contribution in [1.82, 2.24) is 19.4 Å². The third-order valence-corrected chi connectivity index (χ3v) is 6.76. The Bertz CT molecular complexity index is 1050. The Hall–Kier alpha value is -2.66. The van der Waals surface area contributed by atoms with Gasteiger partial charge in [0.05, 0.1) is 11.0 Å². The second kappa shape index (κ2) is 7.88. The van der Waals surface area contributed by atoms with Crippen molar-refractivity contribution >= 4 is 16.9 Å². The van der Waals surface area contributed by atoms with Crippen LogP contribution in [0.25, 0.3) is 16.7 Å². The maximum absolute atomic E-state index is 13.1. The van der Waals surface area contributed by atoms with E-state index < -0.39 is 0 Å². The summed E-state index contributed by atoms with van der Waals surface area (Å²) in [5, 5.41) is 0. The molecule has 156 valence electrons. The summed E-state index contributed by atoms with van der Waals surface area (Å²) in [5.41, 5.74) is 3.89. The Balaban J connectivity index is 1.31. The number of carbonyl (C=O) groups is 1. The Morgan fingerprint density at radius 3 is 2.60 bits per heavy atom. The summed E-state index contributed by atoms with van der Waals surface area (Å²) in [6, 6.07) is 16.7. The summed E-state index contributed by atoms with van der Waals surface area (Å²) in [4.78, 5) is 22.4. The lowest BCUT2D eigenvalue weighted by molar-refractivity contribution is 0.0763. The van der Waals surface area contributed by atoms with Crippen molar-refractivity contribution in [1.29, 1.82) is 0 Å². The highest BCUT2D eigenvalue weighted by atomic mass is 16.2. The van der Waals surface area contributed by atoms with Gasteiger partial charge in [0.15, 0.2) is 0 Å². The molecule has 0 aliphatic carbocycles. The molecular weight excluding hydrogens is 372 g/mol. The normalized spacial score (nSPS) is 22.7. The number of nitrogens with zero attached hydrogens (tertiary/aromatic N) is 4. The van der Waals surface area contributed by atoms with Crippen LogP contribution < -0.4 is 0 Å². The molecule has 3 heterocycles. The van der Waals surface area contributed by atoms with Gasteiger partial charge in [0.2, 0.25) is 0 Å². The van der Waals surface area contributed by atoms with E-state index in [4.69, 9.17) is 0 Å². The third kappa shape index (κ3) is 3.52. The number of hydrogen-bond donors (Lipinski definition) is 0. The minimum atomic E-state index is 0.154. The lowest BCUT2D eigenvalue weighted by Crippen LogP contribution is -2.44. The highest BCUT2D eigenvalue weighted by Crippen LogP contribution is 2.25. The zero-order valence-electron chi connectivity index (χ0n) is 17.9. The molecule has 0 radical (unpaired) electrons. The van der Waals surface area contributed by atoms with Crippen LogP contribution in [-0.4, -0.2) is 57.5 Å². The van der Waals surface area contributed by atoms with E-state index in [1.807, 2.05) is 54.3 Å². The van der Waals surface area contributed by atoms with E-state index in [2.05, 4.69) is 27.4 Å². The fraction of sp³-hybridized carbons (Fsp3) is 0.440. The smallest absolute Gasteiger partial charge is 0.253 e. The van der Waals surface area contributed by atoms with Gasteiger partial charge in [-0.05, 0) is 75.0 Å². The van der Waals surface area contributed by atoms with E-state index in [9.17, 15) is 4.79 Å². The van der Waals surface area contributed by atoms with Crippen molar-refractivity contribution in [2.45, 2.75) is 39.2 Å². The fourth-order valence-corrected chi connectivity index (χ4v) is 5.19. The number of likely N-dealkylation sites (tertiary alicyclic amines) is 2. The lowest BCUT2D eigenvalue weighted by atomic mass is 9.98. The summed E-state index contributed by atoms with van der Waals surface area (Å²) >= 11 is 0. The highest BCUT2D eigenvalue weighted by molar-refractivity contribution is 5.94. The third-order valence-electron chi connectivity index (χ3n) is 6.76. The van der Waals surface area contributed by atoms with Crippen LogP contribution in [0.3, 0.4) is 0 Å². The number of para-hydroxylation sites is 2. The van der Waals surface area contributed by atoms with E-state index in [1.54, 1.807) is 0 Å². The monoisotopic (exact) mass is 402 g/mol. The number of rotatable bonds is 3. The number of piperidine rings is 1. The number of imidazole rings is 1. The minimum Gasteiger partial charge on any atom is -0.337 e. The predicted octanol–water partition coefficient (Wildman–Crippen LogP) is 4.28. The second-order valence-corrected chi connectivity index (χ2v) is 8.97. The van der Waals surface area contributed by atoms with Gasteiger partial charge in [-0.3, -0.25) is 14.3 Å². The van der Waals surface area contributed by atoms with Gasteiger partial charge < -0.3 is 4.90 Å². The van der Waals surface area contributed by atoms with Crippen LogP contribution in [0.15, 0.2) is 48.5 Å².